The maximum absolute atomic E-state index is 13.1. The molecule has 39 heavy (non-hydrogen) atoms. The lowest BCUT2D eigenvalue weighted by atomic mass is 9.96. The minimum absolute atomic E-state index is 0.127. The Kier molecular flexibility index (Phi) is 8.83. The molecule has 1 amide bonds. The van der Waals surface area contributed by atoms with E-state index in [1.807, 2.05) is 47.8 Å². The van der Waals surface area contributed by atoms with Crippen molar-refractivity contribution in [2.24, 2.45) is 0 Å². The molecule has 7 heteroatoms. The molecule has 5 rings (SSSR count). The third kappa shape index (κ3) is 6.45. The second kappa shape index (κ2) is 12.8. The zero-order valence-corrected chi connectivity index (χ0v) is 22.9. The van der Waals surface area contributed by atoms with E-state index in [1.54, 1.807) is 6.92 Å². The Labute approximate surface area is 233 Å². The second-order valence-corrected chi connectivity index (χ2v) is 10.4. The van der Waals surface area contributed by atoms with E-state index >= 15 is 0 Å². The van der Waals surface area contributed by atoms with Crippen molar-refractivity contribution in [3.63, 3.8) is 0 Å². The van der Waals surface area contributed by atoms with Crippen molar-refractivity contribution >= 4 is 28.2 Å². The molecule has 0 atom stereocenters. The van der Waals surface area contributed by atoms with E-state index in [0.717, 1.165) is 37.3 Å². The van der Waals surface area contributed by atoms with Gasteiger partial charge in [0.05, 0.1) is 19.2 Å². The minimum atomic E-state index is -0.422. The Morgan fingerprint density at radius 2 is 1.41 bits per heavy atom. The van der Waals surface area contributed by atoms with E-state index < -0.39 is 5.97 Å². The van der Waals surface area contributed by atoms with Gasteiger partial charge in [0.25, 0.3) is 0 Å². The van der Waals surface area contributed by atoms with E-state index in [9.17, 15) is 9.59 Å². The summed E-state index contributed by atoms with van der Waals surface area (Å²) in [4.78, 5) is 30.6. The number of ether oxygens (including phenoxy) is 1. The van der Waals surface area contributed by atoms with E-state index in [-0.39, 0.29) is 25.1 Å². The summed E-state index contributed by atoms with van der Waals surface area (Å²) in [6.45, 7) is 5.61. The van der Waals surface area contributed by atoms with Crippen molar-refractivity contribution in [1.82, 2.24) is 9.80 Å². The fourth-order valence-electron chi connectivity index (χ4n) is 5.12. The molecule has 2 heterocycles. The first-order valence-electron chi connectivity index (χ1n) is 13.3. The van der Waals surface area contributed by atoms with Crippen LogP contribution in [0.4, 0.5) is 5.00 Å². The van der Waals surface area contributed by atoms with Gasteiger partial charge in [-0.15, -0.1) is 11.3 Å². The number of nitrogens with one attached hydrogen (secondary N) is 1. The van der Waals surface area contributed by atoms with Gasteiger partial charge in [0.15, 0.2) is 0 Å². The average Bonchev–Trinajstić information content (AvgIpc) is 3.39. The summed E-state index contributed by atoms with van der Waals surface area (Å²) in [6.07, 6.45) is 0. The molecule has 4 aromatic rings. The highest BCUT2D eigenvalue weighted by atomic mass is 32.1. The number of piperazine rings is 1. The molecule has 3 aromatic carbocycles. The van der Waals surface area contributed by atoms with Gasteiger partial charge in [0, 0.05) is 37.1 Å². The highest BCUT2D eigenvalue weighted by Gasteiger charge is 2.28. The van der Waals surface area contributed by atoms with Gasteiger partial charge in [-0.05, 0) is 23.6 Å². The average molecular weight is 540 g/mol. The van der Waals surface area contributed by atoms with Crippen molar-refractivity contribution in [1.29, 1.82) is 0 Å². The lowest BCUT2D eigenvalue weighted by Crippen LogP contribution is -2.49. The zero-order chi connectivity index (χ0) is 27.0. The predicted octanol–water partition coefficient (Wildman–Crippen LogP) is 5.94. The van der Waals surface area contributed by atoms with Gasteiger partial charge in [-0.2, -0.15) is 0 Å². The van der Waals surface area contributed by atoms with Crippen LogP contribution in [0, 0.1) is 0 Å². The van der Waals surface area contributed by atoms with E-state index in [1.165, 1.54) is 22.5 Å². The summed E-state index contributed by atoms with van der Waals surface area (Å²) >= 11 is 1.36. The molecule has 1 saturated heterocycles. The molecule has 0 aliphatic carbocycles. The molecule has 1 aromatic heterocycles. The van der Waals surface area contributed by atoms with Crippen LogP contribution in [0.1, 0.15) is 34.5 Å². The van der Waals surface area contributed by atoms with Crippen LogP contribution < -0.4 is 5.32 Å². The summed E-state index contributed by atoms with van der Waals surface area (Å²) in [5.41, 5.74) is 4.65. The normalized spacial score (nSPS) is 14.3. The largest absolute Gasteiger partial charge is 0.462 e. The monoisotopic (exact) mass is 539 g/mol. The van der Waals surface area contributed by atoms with Crippen LogP contribution in [0.25, 0.3) is 11.1 Å². The number of hydrogen-bond donors (Lipinski definition) is 1. The maximum atomic E-state index is 13.1. The topological polar surface area (TPSA) is 61.9 Å². The van der Waals surface area contributed by atoms with Crippen molar-refractivity contribution in [2.45, 2.75) is 13.0 Å². The van der Waals surface area contributed by atoms with Crippen LogP contribution >= 0.6 is 11.3 Å². The van der Waals surface area contributed by atoms with Gasteiger partial charge < -0.3 is 10.1 Å². The molecule has 1 aliphatic rings. The molecule has 1 fully saturated rings. The molecule has 0 saturated carbocycles. The molecular formula is C32H33N3O3S. The first-order chi connectivity index (χ1) is 19.1. The Hall–Kier alpha value is -3.78. The molecule has 0 spiro atoms. The number of benzene rings is 3. The Morgan fingerprint density at radius 1 is 0.846 bits per heavy atom. The van der Waals surface area contributed by atoms with Crippen molar-refractivity contribution < 1.29 is 14.3 Å². The number of rotatable bonds is 9. The number of esters is 1. The number of thiophene rings is 1. The molecule has 200 valence electrons. The first-order valence-corrected chi connectivity index (χ1v) is 14.2. The Bertz CT molecular complexity index is 1330. The number of amides is 1. The molecule has 0 bridgehead atoms. The minimum Gasteiger partial charge on any atom is -0.462 e. The van der Waals surface area contributed by atoms with Gasteiger partial charge in [-0.3, -0.25) is 14.6 Å². The summed E-state index contributed by atoms with van der Waals surface area (Å²) < 4.78 is 5.33. The van der Waals surface area contributed by atoms with Gasteiger partial charge in [-0.25, -0.2) is 4.79 Å². The quantitative estimate of drug-likeness (QED) is 0.267. The third-order valence-corrected chi connectivity index (χ3v) is 7.87. The molecular weight excluding hydrogens is 506 g/mol. The summed E-state index contributed by atoms with van der Waals surface area (Å²) in [5.74, 6) is -0.549. The maximum Gasteiger partial charge on any atom is 0.341 e. The lowest BCUT2D eigenvalue weighted by molar-refractivity contribution is -0.117. The van der Waals surface area contributed by atoms with Crippen LogP contribution in [-0.2, 0) is 9.53 Å². The van der Waals surface area contributed by atoms with Crippen molar-refractivity contribution in [3.05, 3.63) is 113 Å². The highest BCUT2D eigenvalue weighted by molar-refractivity contribution is 7.15. The van der Waals surface area contributed by atoms with Crippen molar-refractivity contribution in [2.75, 3.05) is 44.6 Å². The second-order valence-electron chi connectivity index (χ2n) is 9.52. The van der Waals surface area contributed by atoms with Crippen LogP contribution in [0.5, 0.6) is 0 Å². The van der Waals surface area contributed by atoms with Crippen LogP contribution in [0.2, 0.25) is 0 Å². The zero-order valence-electron chi connectivity index (χ0n) is 22.1. The van der Waals surface area contributed by atoms with Crippen molar-refractivity contribution in [3.8, 4) is 11.1 Å². The number of carbonyl (C=O) groups is 2. The van der Waals surface area contributed by atoms with Crippen LogP contribution in [0.3, 0.4) is 0 Å². The van der Waals surface area contributed by atoms with Crippen LogP contribution in [0.15, 0.2) is 96.4 Å². The number of hydrogen-bond acceptors (Lipinski definition) is 6. The fraction of sp³-hybridized carbons (Fsp3) is 0.250. The smallest absolute Gasteiger partial charge is 0.341 e. The SMILES string of the molecule is CCOC(=O)c1c(-c2ccccc2)csc1NC(=O)CN1CCN(C(c2ccccc2)c2ccccc2)CC1. The van der Waals surface area contributed by atoms with Gasteiger partial charge in [0.1, 0.15) is 10.6 Å². The van der Waals surface area contributed by atoms with Gasteiger partial charge >= 0.3 is 5.97 Å². The standard InChI is InChI=1S/C32H33N3O3S/c1-2-38-32(37)29-27(24-12-6-3-7-13-24)23-39-31(29)33-28(36)22-34-18-20-35(21-19-34)30(25-14-8-4-9-15-25)26-16-10-5-11-17-26/h3-17,23,30H,2,18-22H2,1H3,(H,33,36). The third-order valence-electron chi connectivity index (χ3n) is 6.98. The predicted molar refractivity (Wildman–Crippen MR) is 157 cm³/mol. The molecule has 6 nitrogen and oxygen atoms in total. The lowest BCUT2D eigenvalue weighted by Gasteiger charge is -2.39. The Morgan fingerprint density at radius 3 is 1.97 bits per heavy atom. The molecule has 1 N–H and O–H groups in total. The fourth-order valence-corrected chi connectivity index (χ4v) is 6.09. The van der Waals surface area contributed by atoms with Gasteiger partial charge in [-0.1, -0.05) is 91.0 Å². The number of carbonyl (C=O) groups excluding carboxylic acids is 2. The summed E-state index contributed by atoms with van der Waals surface area (Å²) in [6, 6.07) is 31.1. The molecule has 1 aliphatic heterocycles. The Balaban J connectivity index is 1.25. The molecule has 0 unspecified atom stereocenters. The number of anilines is 1. The number of nitrogens with zero attached hydrogens (tertiary/aromatic N) is 2. The van der Waals surface area contributed by atoms with Crippen LogP contribution in [-0.4, -0.2) is 61.0 Å². The highest BCUT2D eigenvalue weighted by Crippen LogP contribution is 2.36. The van der Waals surface area contributed by atoms with Gasteiger partial charge in [0.2, 0.25) is 5.91 Å². The van der Waals surface area contributed by atoms with E-state index in [4.69, 9.17) is 4.74 Å². The summed E-state index contributed by atoms with van der Waals surface area (Å²) in [5, 5.41) is 5.43. The summed E-state index contributed by atoms with van der Waals surface area (Å²) in [7, 11) is 0. The molecule has 0 radical (unpaired) electrons. The van der Waals surface area contributed by atoms with E-state index in [2.05, 4.69) is 63.6 Å². The first kappa shape index (κ1) is 26.8. The van der Waals surface area contributed by atoms with E-state index in [0.29, 0.717) is 10.6 Å².